The highest BCUT2D eigenvalue weighted by Crippen LogP contribution is 2.28. The molecule has 0 saturated heterocycles. The van der Waals surface area contributed by atoms with Crippen molar-refractivity contribution in [2.75, 3.05) is 0 Å². The van der Waals surface area contributed by atoms with Gasteiger partial charge in [0.1, 0.15) is 11.4 Å². The second-order valence-corrected chi connectivity index (χ2v) is 5.54. The highest BCUT2D eigenvalue weighted by Gasteiger charge is 2.17. The molecule has 4 nitrogen and oxygen atoms in total. The number of rotatable bonds is 3. The van der Waals surface area contributed by atoms with Gasteiger partial charge in [0.2, 0.25) is 0 Å². The van der Waals surface area contributed by atoms with Crippen LogP contribution in [0.4, 0.5) is 0 Å². The maximum Gasteiger partial charge on any atom is 0.117 e. The molecule has 1 aromatic heterocycles. The number of aliphatic hydroxyl groups is 1. The second-order valence-electron chi connectivity index (χ2n) is 5.54. The lowest BCUT2D eigenvalue weighted by Gasteiger charge is -2.12. The van der Waals surface area contributed by atoms with E-state index < -0.39 is 0 Å². The molecule has 0 aliphatic rings. The third-order valence-electron chi connectivity index (χ3n) is 3.99. The van der Waals surface area contributed by atoms with E-state index in [-0.39, 0.29) is 6.61 Å². The smallest absolute Gasteiger partial charge is 0.117 e. The van der Waals surface area contributed by atoms with Gasteiger partial charge in [-0.05, 0) is 44.0 Å². The molecule has 0 bridgehead atoms. The third kappa shape index (κ3) is 2.42. The number of aliphatic hydroxyl groups excluding tert-OH is 1. The Morgan fingerprint density at radius 2 is 1.82 bits per heavy atom. The lowest BCUT2D eigenvalue weighted by Crippen LogP contribution is -2.03. The summed E-state index contributed by atoms with van der Waals surface area (Å²) in [5.74, 6) is 0. The van der Waals surface area contributed by atoms with Gasteiger partial charge in [-0.2, -0.15) is 0 Å². The van der Waals surface area contributed by atoms with Crippen LogP contribution in [0.15, 0.2) is 42.5 Å². The number of aromatic nitrogens is 3. The fraction of sp³-hybridized carbons (Fsp3) is 0.222. The topological polar surface area (TPSA) is 50.9 Å². The molecule has 0 amide bonds. The first kappa shape index (κ1) is 14.5. The van der Waals surface area contributed by atoms with E-state index in [0.29, 0.717) is 5.69 Å². The van der Waals surface area contributed by atoms with Crippen LogP contribution in [0.1, 0.15) is 22.4 Å². The zero-order valence-electron chi connectivity index (χ0n) is 13.0. The average Bonchev–Trinajstić information content (AvgIpc) is 2.93. The molecule has 0 unspecified atom stereocenters. The number of hydrogen-bond acceptors (Lipinski definition) is 3. The van der Waals surface area contributed by atoms with Gasteiger partial charge in [-0.25, -0.2) is 4.68 Å². The molecule has 4 heteroatoms. The van der Waals surface area contributed by atoms with Crippen molar-refractivity contribution in [1.29, 1.82) is 0 Å². The zero-order valence-corrected chi connectivity index (χ0v) is 13.0. The summed E-state index contributed by atoms with van der Waals surface area (Å²) < 4.78 is 1.82. The summed E-state index contributed by atoms with van der Waals surface area (Å²) in [5, 5.41) is 18.0. The van der Waals surface area contributed by atoms with Crippen molar-refractivity contribution >= 4 is 0 Å². The first-order chi connectivity index (χ1) is 10.6. The summed E-state index contributed by atoms with van der Waals surface area (Å²) in [7, 11) is 0. The molecule has 0 spiro atoms. The van der Waals surface area contributed by atoms with E-state index >= 15 is 0 Å². The van der Waals surface area contributed by atoms with Crippen molar-refractivity contribution in [1.82, 2.24) is 15.0 Å². The van der Waals surface area contributed by atoms with Crippen LogP contribution < -0.4 is 0 Å². The maximum absolute atomic E-state index is 9.62. The van der Waals surface area contributed by atoms with E-state index in [0.717, 1.165) is 28.1 Å². The van der Waals surface area contributed by atoms with Gasteiger partial charge < -0.3 is 5.11 Å². The van der Waals surface area contributed by atoms with Gasteiger partial charge in [-0.15, -0.1) is 5.10 Å². The van der Waals surface area contributed by atoms with Gasteiger partial charge in [0.25, 0.3) is 0 Å². The minimum Gasteiger partial charge on any atom is -0.390 e. The number of benzene rings is 2. The monoisotopic (exact) mass is 293 g/mol. The molecule has 3 aromatic rings. The molecule has 1 heterocycles. The summed E-state index contributed by atoms with van der Waals surface area (Å²) >= 11 is 0. The molecule has 0 aliphatic carbocycles. The first-order valence-corrected chi connectivity index (χ1v) is 7.31. The van der Waals surface area contributed by atoms with Crippen LogP contribution in [0.3, 0.4) is 0 Å². The summed E-state index contributed by atoms with van der Waals surface area (Å²) in [6, 6.07) is 14.3. The van der Waals surface area contributed by atoms with Crippen LogP contribution in [-0.2, 0) is 6.61 Å². The number of aryl methyl sites for hydroxylation is 2. The van der Waals surface area contributed by atoms with Crippen molar-refractivity contribution in [2.45, 2.75) is 27.4 Å². The molecule has 0 fully saturated rings. The Hall–Kier alpha value is -2.46. The van der Waals surface area contributed by atoms with Crippen LogP contribution in [0, 0.1) is 20.8 Å². The van der Waals surface area contributed by atoms with Gasteiger partial charge in [0, 0.05) is 5.56 Å². The standard InChI is InChI=1S/C18H19N3O/c1-12-6-4-8-15(10-12)18-16(11-22)19-20-21(18)17-9-5-7-13(2)14(17)3/h4-10,22H,11H2,1-3H3. The third-order valence-corrected chi connectivity index (χ3v) is 3.99. The molecule has 1 N–H and O–H groups in total. The minimum atomic E-state index is -0.131. The lowest BCUT2D eigenvalue weighted by molar-refractivity contribution is 0.277. The Balaban J connectivity index is 2.26. The highest BCUT2D eigenvalue weighted by molar-refractivity contribution is 5.65. The van der Waals surface area contributed by atoms with Crippen molar-refractivity contribution < 1.29 is 5.11 Å². The Morgan fingerprint density at radius 3 is 2.55 bits per heavy atom. The van der Waals surface area contributed by atoms with E-state index in [1.165, 1.54) is 5.56 Å². The SMILES string of the molecule is Cc1cccc(-c2c(CO)nnn2-c2cccc(C)c2C)c1. The Morgan fingerprint density at radius 1 is 1.05 bits per heavy atom. The van der Waals surface area contributed by atoms with Gasteiger partial charge in [-0.1, -0.05) is 41.1 Å². The molecule has 112 valence electrons. The Labute approximate surface area is 130 Å². The molecule has 0 saturated carbocycles. The zero-order chi connectivity index (χ0) is 15.7. The largest absolute Gasteiger partial charge is 0.390 e. The quantitative estimate of drug-likeness (QED) is 0.805. The van der Waals surface area contributed by atoms with Crippen LogP contribution in [0.5, 0.6) is 0 Å². The van der Waals surface area contributed by atoms with Gasteiger partial charge in [0.05, 0.1) is 12.3 Å². The predicted molar refractivity (Wildman–Crippen MR) is 86.9 cm³/mol. The van der Waals surface area contributed by atoms with E-state index in [2.05, 4.69) is 36.3 Å². The van der Waals surface area contributed by atoms with E-state index in [4.69, 9.17) is 0 Å². The number of hydrogen-bond donors (Lipinski definition) is 1. The van der Waals surface area contributed by atoms with Crippen molar-refractivity contribution in [2.24, 2.45) is 0 Å². The summed E-state index contributed by atoms with van der Waals surface area (Å²) in [6.45, 7) is 6.07. The molecule has 0 radical (unpaired) electrons. The molecule has 22 heavy (non-hydrogen) atoms. The average molecular weight is 293 g/mol. The Kier molecular flexibility index (Phi) is 3.77. The molecular weight excluding hydrogens is 274 g/mol. The van der Waals surface area contributed by atoms with Crippen molar-refractivity contribution in [3.63, 3.8) is 0 Å². The van der Waals surface area contributed by atoms with Crippen LogP contribution in [0.25, 0.3) is 16.9 Å². The second kappa shape index (κ2) is 5.73. The van der Waals surface area contributed by atoms with Gasteiger partial charge in [0.15, 0.2) is 0 Å². The molecule has 2 aromatic carbocycles. The van der Waals surface area contributed by atoms with Crippen LogP contribution >= 0.6 is 0 Å². The van der Waals surface area contributed by atoms with Gasteiger partial charge >= 0.3 is 0 Å². The number of nitrogens with zero attached hydrogens (tertiary/aromatic N) is 3. The maximum atomic E-state index is 9.62. The first-order valence-electron chi connectivity index (χ1n) is 7.31. The van der Waals surface area contributed by atoms with E-state index in [1.807, 2.05) is 41.9 Å². The fourth-order valence-electron chi connectivity index (χ4n) is 2.63. The summed E-state index contributed by atoms with van der Waals surface area (Å²) in [5.41, 5.74) is 6.96. The fourth-order valence-corrected chi connectivity index (χ4v) is 2.63. The molecular formula is C18H19N3O. The van der Waals surface area contributed by atoms with Crippen LogP contribution in [0.2, 0.25) is 0 Å². The molecule has 0 aliphatic heterocycles. The molecule has 0 atom stereocenters. The summed E-state index contributed by atoms with van der Waals surface area (Å²) in [6.07, 6.45) is 0. The lowest BCUT2D eigenvalue weighted by atomic mass is 10.1. The Bertz CT molecular complexity index is 821. The predicted octanol–water partition coefficient (Wildman–Crippen LogP) is 3.35. The van der Waals surface area contributed by atoms with E-state index in [9.17, 15) is 5.11 Å². The van der Waals surface area contributed by atoms with Crippen LogP contribution in [-0.4, -0.2) is 20.1 Å². The minimum absolute atomic E-state index is 0.131. The van der Waals surface area contributed by atoms with Crippen molar-refractivity contribution in [3.05, 3.63) is 64.8 Å². The normalized spacial score (nSPS) is 10.9. The highest BCUT2D eigenvalue weighted by atomic mass is 16.3. The van der Waals surface area contributed by atoms with E-state index in [1.54, 1.807) is 0 Å². The van der Waals surface area contributed by atoms with Crippen molar-refractivity contribution in [3.8, 4) is 16.9 Å². The summed E-state index contributed by atoms with van der Waals surface area (Å²) in [4.78, 5) is 0. The van der Waals surface area contributed by atoms with Gasteiger partial charge in [-0.3, -0.25) is 0 Å². The molecule has 3 rings (SSSR count).